The van der Waals surface area contributed by atoms with Crippen molar-refractivity contribution >= 4 is 17.9 Å². The third-order valence-electron chi connectivity index (χ3n) is 2.11. The monoisotopic (exact) mass is 253 g/mol. The zero-order chi connectivity index (χ0) is 13.5. The Morgan fingerprint density at radius 2 is 2.22 bits per heavy atom. The summed E-state index contributed by atoms with van der Waals surface area (Å²) in [5.74, 6) is -0.530. The molecule has 18 heavy (non-hydrogen) atoms. The maximum absolute atomic E-state index is 10.9. The maximum Gasteiger partial charge on any atom is 0.310 e. The molecular weight excluding hydrogens is 242 g/mol. The third-order valence-corrected chi connectivity index (χ3v) is 2.11. The van der Waals surface area contributed by atoms with Crippen LogP contribution in [-0.4, -0.2) is 30.9 Å². The number of nitrogens with zero attached hydrogens (tertiary/aromatic N) is 1. The van der Waals surface area contributed by atoms with Gasteiger partial charge in [-0.2, -0.15) is 0 Å². The lowest BCUT2D eigenvalue weighted by atomic mass is 10.2. The number of esters is 1. The van der Waals surface area contributed by atoms with Crippen molar-refractivity contribution in [1.82, 2.24) is 0 Å². The normalized spacial score (nSPS) is 9.61. The number of aldehydes is 1. The number of nitro groups is 1. The molecule has 0 saturated heterocycles. The first-order chi connectivity index (χ1) is 8.58. The highest BCUT2D eigenvalue weighted by Crippen LogP contribution is 2.27. The minimum atomic E-state index is -0.623. The van der Waals surface area contributed by atoms with Crippen molar-refractivity contribution in [2.45, 2.75) is 6.42 Å². The number of nitro benzene ring substituents is 1. The lowest BCUT2D eigenvalue weighted by Crippen LogP contribution is -2.08. The molecule has 0 aliphatic heterocycles. The highest BCUT2D eigenvalue weighted by atomic mass is 16.6. The number of benzene rings is 1. The first kappa shape index (κ1) is 13.6. The van der Waals surface area contributed by atoms with E-state index in [1.54, 1.807) is 0 Å². The molecule has 7 heteroatoms. The highest BCUT2D eigenvalue weighted by molar-refractivity contribution is 5.77. The van der Waals surface area contributed by atoms with Crippen LogP contribution in [0.25, 0.3) is 0 Å². The van der Waals surface area contributed by atoms with Gasteiger partial charge in [-0.3, -0.25) is 19.7 Å². The van der Waals surface area contributed by atoms with Crippen LogP contribution in [0.15, 0.2) is 18.2 Å². The van der Waals surface area contributed by atoms with Gasteiger partial charge in [0, 0.05) is 11.6 Å². The van der Waals surface area contributed by atoms with Crippen LogP contribution >= 0.6 is 0 Å². The molecule has 0 bridgehead atoms. The van der Waals surface area contributed by atoms with Gasteiger partial charge in [-0.25, -0.2) is 0 Å². The minimum Gasteiger partial charge on any atom is -0.486 e. The van der Waals surface area contributed by atoms with E-state index in [9.17, 15) is 19.7 Å². The Kier molecular flexibility index (Phi) is 4.79. The van der Waals surface area contributed by atoms with Gasteiger partial charge in [0.2, 0.25) is 0 Å². The number of rotatable bonds is 6. The van der Waals surface area contributed by atoms with Crippen LogP contribution in [0.1, 0.15) is 16.8 Å². The van der Waals surface area contributed by atoms with Crippen LogP contribution in [0.2, 0.25) is 0 Å². The fraction of sp³-hybridized carbons (Fsp3) is 0.273. The van der Waals surface area contributed by atoms with Gasteiger partial charge < -0.3 is 9.47 Å². The average molecular weight is 253 g/mol. The molecule has 0 aliphatic rings. The van der Waals surface area contributed by atoms with Crippen LogP contribution in [0.4, 0.5) is 5.69 Å². The Bertz CT molecular complexity index is 471. The second-order valence-corrected chi connectivity index (χ2v) is 3.28. The molecule has 0 N–H and O–H groups in total. The number of carbonyl (C=O) groups is 2. The molecule has 1 rings (SSSR count). The quantitative estimate of drug-likeness (QED) is 0.328. The summed E-state index contributed by atoms with van der Waals surface area (Å²) in [4.78, 5) is 31.5. The van der Waals surface area contributed by atoms with E-state index in [1.165, 1.54) is 25.3 Å². The highest BCUT2D eigenvalue weighted by Gasteiger charge is 2.16. The summed E-state index contributed by atoms with van der Waals surface area (Å²) in [5, 5.41) is 10.7. The van der Waals surface area contributed by atoms with Crippen molar-refractivity contribution in [2.75, 3.05) is 13.7 Å². The SMILES string of the molecule is COC(=O)CCOc1cc(C=O)ccc1[N+](=O)[O-]. The summed E-state index contributed by atoms with van der Waals surface area (Å²) in [6.45, 7) is -0.0597. The van der Waals surface area contributed by atoms with E-state index >= 15 is 0 Å². The van der Waals surface area contributed by atoms with Crippen molar-refractivity contribution in [3.05, 3.63) is 33.9 Å². The van der Waals surface area contributed by atoms with E-state index in [4.69, 9.17) is 4.74 Å². The maximum atomic E-state index is 10.9. The molecule has 7 nitrogen and oxygen atoms in total. The van der Waals surface area contributed by atoms with Gasteiger partial charge in [-0.05, 0) is 12.1 Å². The molecule has 0 unspecified atom stereocenters. The van der Waals surface area contributed by atoms with E-state index in [0.717, 1.165) is 0 Å². The summed E-state index contributed by atoms with van der Waals surface area (Å²) >= 11 is 0. The predicted molar refractivity (Wildman–Crippen MR) is 60.6 cm³/mol. The van der Waals surface area contributed by atoms with E-state index in [2.05, 4.69) is 4.74 Å². The Hall–Kier alpha value is -2.44. The molecule has 0 radical (unpaired) electrons. The van der Waals surface area contributed by atoms with Gasteiger partial charge in [0.25, 0.3) is 0 Å². The molecule has 1 aromatic rings. The smallest absolute Gasteiger partial charge is 0.310 e. The summed E-state index contributed by atoms with van der Waals surface area (Å²) < 4.78 is 9.51. The zero-order valence-electron chi connectivity index (χ0n) is 9.62. The first-order valence-electron chi connectivity index (χ1n) is 5.01. The van der Waals surface area contributed by atoms with Crippen LogP contribution in [-0.2, 0) is 9.53 Å². The van der Waals surface area contributed by atoms with Gasteiger partial charge in [-0.15, -0.1) is 0 Å². The predicted octanol–water partition coefficient (Wildman–Crippen LogP) is 1.35. The molecule has 0 aromatic heterocycles. The van der Waals surface area contributed by atoms with Crippen molar-refractivity contribution in [3.63, 3.8) is 0 Å². The van der Waals surface area contributed by atoms with Crippen molar-refractivity contribution in [2.24, 2.45) is 0 Å². The molecule has 0 atom stereocenters. The Labute approximate surface area is 102 Å². The summed E-state index contributed by atoms with van der Waals surface area (Å²) in [7, 11) is 1.23. The lowest BCUT2D eigenvalue weighted by molar-refractivity contribution is -0.385. The Balaban J connectivity index is 2.81. The molecular formula is C11H11NO6. The topological polar surface area (TPSA) is 95.7 Å². The minimum absolute atomic E-state index is 0.0288. The van der Waals surface area contributed by atoms with Crippen molar-refractivity contribution < 1.29 is 24.0 Å². The van der Waals surface area contributed by atoms with Gasteiger partial charge in [0.05, 0.1) is 25.1 Å². The molecule has 1 aromatic carbocycles. The fourth-order valence-electron chi connectivity index (χ4n) is 1.22. The van der Waals surface area contributed by atoms with Crippen molar-refractivity contribution in [1.29, 1.82) is 0 Å². The van der Waals surface area contributed by atoms with Gasteiger partial charge in [0.15, 0.2) is 5.75 Å². The summed E-state index contributed by atoms with van der Waals surface area (Å²) in [6.07, 6.45) is 0.524. The van der Waals surface area contributed by atoms with Crippen LogP contribution in [0.5, 0.6) is 5.75 Å². The molecule has 0 amide bonds. The van der Waals surface area contributed by atoms with E-state index in [1.807, 2.05) is 0 Å². The van der Waals surface area contributed by atoms with E-state index in [0.29, 0.717) is 6.29 Å². The molecule has 0 spiro atoms. The number of hydrogen-bond acceptors (Lipinski definition) is 6. The molecule has 0 heterocycles. The Morgan fingerprint density at radius 3 is 2.78 bits per heavy atom. The summed E-state index contributed by atoms with van der Waals surface area (Å²) in [6, 6.07) is 3.75. The summed E-state index contributed by atoms with van der Waals surface area (Å²) in [5.41, 5.74) is -0.000802. The number of hydrogen-bond donors (Lipinski definition) is 0. The van der Waals surface area contributed by atoms with Crippen LogP contribution in [0.3, 0.4) is 0 Å². The third kappa shape index (κ3) is 3.55. The Morgan fingerprint density at radius 1 is 1.50 bits per heavy atom. The number of methoxy groups -OCH3 is 1. The molecule has 0 saturated carbocycles. The molecule has 0 fully saturated rings. The fourth-order valence-corrected chi connectivity index (χ4v) is 1.22. The van der Waals surface area contributed by atoms with E-state index in [-0.39, 0.29) is 30.0 Å². The average Bonchev–Trinajstić information content (AvgIpc) is 2.37. The standard InChI is InChI=1S/C11H11NO6/c1-17-11(14)4-5-18-10-6-8(7-13)2-3-9(10)12(15)16/h2-3,6-7H,4-5H2,1H3. The van der Waals surface area contributed by atoms with Crippen molar-refractivity contribution in [3.8, 4) is 5.75 Å². The lowest BCUT2D eigenvalue weighted by Gasteiger charge is -2.06. The van der Waals surface area contributed by atoms with Gasteiger partial charge in [0.1, 0.15) is 6.29 Å². The molecule has 0 aliphatic carbocycles. The number of carbonyl (C=O) groups excluding carboxylic acids is 2. The first-order valence-corrected chi connectivity index (χ1v) is 5.01. The van der Waals surface area contributed by atoms with Gasteiger partial charge in [-0.1, -0.05) is 0 Å². The van der Waals surface area contributed by atoms with Crippen LogP contribution < -0.4 is 4.74 Å². The second-order valence-electron chi connectivity index (χ2n) is 3.28. The van der Waals surface area contributed by atoms with E-state index < -0.39 is 10.9 Å². The number of ether oxygens (including phenoxy) is 2. The van der Waals surface area contributed by atoms with Crippen LogP contribution in [0, 0.1) is 10.1 Å². The second kappa shape index (κ2) is 6.33. The molecule has 96 valence electrons. The largest absolute Gasteiger partial charge is 0.486 e. The zero-order valence-corrected chi connectivity index (χ0v) is 9.62. The van der Waals surface area contributed by atoms with Gasteiger partial charge >= 0.3 is 11.7 Å².